The van der Waals surface area contributed by atoms with E-state index in [1.165, 1.54) is 0 Å². The van der Waals surface area contributed by atoms with Crippen LogP contribution < -0.4 is 5.32 Å². The number of amides is 1. The highest BCUT2D eigenvalue weighted by Gasteiger charge is 2.54. The summed E-state index contributed by atoms with van der Waals surface area (Å²) in [7, 11) is -10.8. The van der Waals surface area contributed by atoms with Crippen molar-refractivity contribution in [3.63, 3.8) is 0 Å². The van der Waals surface area contributed by atoms with Crippen LogP contribution in [-0.4, -0.2) is 45.4 Å². The zero-order valence-corrected chi connectivity index (χ0v) is 16.0. The SMILES string of the molecule is O=C1NC(=S)SC1C(c1ccc([N+](=O)[O-])cc1)C(P(=O)(O)O)P(=O)(O)O. The minimum atomic E-state index is -5.38. The van der Waals surface area contributed by atoms with E-state index in [0.717, 1.165) is 24.3 Å². The summed E-state index contributed by atoms with van der Waals surface area (Å²) >= 11 is 5.52. The number of thioether (sulfide) groups is 1. The Labute approximate surface area is 155 Å². The molecule has 11 nitrogen and oxygen atoms in total. The van der Waals surface area contributed by atoms with Gasteiger partial charge >= 0.3 is 15.2 Å². The third-order valence-electron chi connectivity index (χ3n) is 3.54. The second kappa shape index (κ2) is 7.45. The predicted molar refractivity (Wildman–Crippen MR) is 95.8 cm³/mol. The summed E-state index contributed by atoms with van der Waals surface area (Å²) in [6.07, 6.45) is 0. The Morgan fingerprint density at radius 1 is 1.15 bits per heavy atom. The van der Waals surface area contributed by atoms with Crippen molar-refractivity contribution in [2.45, 2.75) is 16.6 Å². The largest absolute Gasteiger partial charge is 0.341 e. The molecule has 5 N–H and O–H groups in total. The molecule has 1 heterocycles. The molecular formula is C11H12N2O9P2S2. The van der Waals surface area contributed by atoms with Crippen molar-refractivity contribution in [3.05, 3.63) is 39.9 Å². The molecule has 2 atom stereocenters. The van der Waals surface area contributed by atoms with E-state index in [2.05, 4.69) is 5.32 Å². The lowest BCUT2D eigenvalue weighted by Gasteiger charge is -2.30. The molecule has 1 aromatic carbocycles. The molecule has 1 aliphatic rings. The van der Waals surface area contributed by atoms with Gasteiger partial charge in [0.15, 0.2) is 5.40 Å². The fraction of sp³-hybridized carbons (Fsp3) is 0.273. The highest BCUT2D eigenvalue weighted by molar-refractivity contribution is 8.24. The summed E-state index contributed by atoms with van der Waals surface area (Å²) in [5.74, 6) is -2.40. The van der Waals surface area contributed by atoms with Crippen LogP contribution in [0, 0.1) is 10.1 Å². The summed E-state index contributed by atoms with van der Waals surface area (Å²) in [5.41, 5.74) is -0.389. The van der Waals surface area contributed by atoms with Gasteiger partial charge in [0, 0.05) is 18.1 Å². The molecule has 15 heteroatoms. The standard InChI is InChI=1S/C11H12N2O9P2S2/c14-9-8(26-11(25)12-9)7(10(23(17,18)19)24(20,21)22)5-1-3-6(4-2-5)13(15)16/h1-4,7-8,10H,(H,12,14,25)(H2,17,18,19)(H2,20,21,22). The van der Waals surface area contributed by atoms with E-state index in [4.69, 9.17) is 12.2 Å². The minimum Gasteiger partial charge on any atom is -0.324 e. The number of benzene rings is 1. The van der Waals surface area contributed by atoms with Gasteiger partial charge in [-0.25, -0.2) is 0 Å². The molecule has 142 valence electrons. The molecule has 0 bridgehead atoms. The van der Waals surface area contributed by atoms with Crippen LogP contribution in [0.1, 0.15) is 11.5 Å². The maximum atomic E-state index is 12.1. The second-order valence-corrected chi connectivity index (χ2v) is 11.0. The lowest BCUT2D eigenvalue weighted by Crippen LogP contribution is -2.34. The van der Waals surface area contributed by atoms with Gasteiger partial charge in [0.25, 0.3) is 5.69 Å². The normalized spacial score (nSPS) is 19.5. The number of hydrogen-bond donors (Lipinski definition) is 5. The van der Waals surface area contributed by atoms with Gasteiger partial charge in [-0.1, -0.05) is 36.1 Å². The van der Waals surface area contributed by atoms with Crippen LogP contribution in [0.5, 0.6) is 0 Å². The second-order valence-electron chi connectivity index (χ2n) is 5.28. The number of nitrogens with zero attached hydrogens (tertiary/aromatic N) is 1. The summed E-state index contributed by atoms with van der Waals surface area (Å²) in [6, 6.07) is 4.20. The van der Waals surface area contributed by atoms with Gasteiger partial charge in [0.05, 0.1) is 10.2 Å². The Bertz CT molecular complexity index is 828. The number of thiocarbonyl (C=S) groups is 1. The lowest BCUT2D eigenvalue weighted by atomic mass is 9.96. The van der Waals surface area contributed by atoms with Crippen LogP contribution >= 0.6 is 39.2 Å². The van der Waals surface area contributed by atoms with Gasteiger partial charge in [0.1, 0.15) is 4.32 Å². The van der Waals surface area contributed by atoms with Crippen LogP contribution in [0.3, 0.4) is 0 Å². The molecule has 2 rings (SSSR count). The van der Waals surface area contributed by atoms with Crippen molar-refractivity contribution < 1.29 is 38.4 Å². The average Bonchev–Trinajstić information content (AvgIpc) is 2.80. The molecule has 1 aliphatic heterocycles. The van der Waals surface area contributed by atoms with E-state index in [1.54, 1.807) is 0 Å². The van der Waals surface area contributed by atoms with Crippen molar-refractivity contribution in [1.82, 2.24) is 5.32 Å². The Morgan fingerprint density at radius 2 is 1.65 bits per heavy atom. The first-order valence-corrected chi connectivity index (χ1v) is 11.3. The molecule has 2 unspecified atom stereocenters. The fourth-order valence-electron chi connectivity index (χ4n) is 2.54. The van der Waals surface area contributed by atoms with Crippen LogP contribution in [0.25, 0.3) is 0 Å². The summed E-state index contributed by atoms with van der Waals surface area (Å²) in [5, 5.41) is 9.16. The molecule has 0 saturated carbocycles. The molecule has 1 fully saturated rings. The maximum Gasteiger partial charge on any atom is 0.341 e. The Kier molecular flexibility index (Phi) is 6.06. The zero-order chi connectivity index (χ0) is 19.9. The summed E-state index contributed by atoms with van der Waals surface area (Å²) in [6.45, 7) is 0. The van der Waals surface area contributed by atoms with Crippen molar-refractivity contribution in [2.24, 2.45) is 0 Å². The smallest absolute Gasteiger partial charge is 0.324 e. The summed E-state index contributed by atoms with van der Waals surface area (Å²) in [4.78, 5) is 60.3. The quantitative estimate of drug-likeness (QED) is 0.182. The first kappa shape index (κ1) is 21.1. The zero-order valence-electron chi connectivity index (χ0n) is 12.5. The van der Waals surface area contributed by atoms with Crippen LogP contribution in [0.15, 0.2) is 24.3 Å². The number of carbonyl (C=O) groups is 1. The fourth-order valence-corrected chi connectivity index (χ4v) is 7.30. The van der Waals surface area contributed by atoms with Gasteiger partial charge in [-0.15, -0.1) is 0 Å². The molecule has 26 heavy (non-hydrogen) atoms. The molecule has 0 aromatic heterocycles. The molecule has 1 saturated heterocycles. The van der Waals surface area contributed by atoms with Gasteiger partial charge in [-0.3, -0.25) is 24.0 Å². The highest BCUT2D eigenvalue weighted by Crippen LogP contribution is 2.66. The monoisotopic (exact) mass is 442 g/mol. The molecule has 0 spiro atoms. The molecule has 1 amide bonds. The minimum absolute atomic E-state index is 0.0120. The third-order valence-corrected chi connectivity index (χ3v) is 8.84. The lowest BCUT2D eigenvalue weighted by molar-refractivity contribution is -0.384. The maximum absolute atomic E-state index is 12.1. The van der Waals surface area contributed by atoms with Crippen molar-refractivity contribution in [3.8, 4) is 0 Å². The first-order valence-electron chi connectivity index (χ1n) is 6.68. The van der Waals surface area contributed by atoms with Gasteiger partial charge in [0.2, 0.25) is 5.91 Å². The topological polar surface area (TPSA) is 187 Å². The van der Waals surface area contributed by atoms with Gasteiger partial charge in [-0.2, -0.15) is 0 Å². The number of carbonyl (C=O) groups excluding carboxylic acids is 1. The number of non-ortho nitro benzene ring substituents is 1. The Morgan fingerprint density at radius 3 is 2.00 bits per heavy atom. The average molecular weight is 442 g/mol. The Hall–Kier alpha value is -1.17. The number of hydrogen-bond acceptors (Lipinski definition) is 7. The number of rotatable bonds is 6. The van der Waals surface area contributed by atoms with E-state index in [9.17, 15) is 43.6 Å². The van der Waals surface area contributed by atoms with Crippen molar-refractivity contribution >= 4 is 55.1 Å². The van der Waals surface area contributed by atoms with Crippen LogP contribution in [-0.2, 0) is 13.9 Å². The molecule has 1 aromatic rings. The number of nitro benzene ring substituents is 1. The number of nitro groups is 1. The predicted octanol–water partition coefficient (Wildman–Crippen LogP) is 0.876. The van der Waals surface area contributed by atoms with Gasteiger partial charge < -0.3 is 24.9 Å². The third kappa shape index (κ3) is 4.56. The Balaban J connectivity index is 2.63. The van der Waals surface area contributed by atoms with Crippen LogP contribution in [0.4, 0.5) is 5.69 Å². The highest BCUT2D eigenvalue weighted by atomic mass is 32.2. The van der Waals surface area contributed by atoms with E-state index < -0.39 is 42.6 Å². The molecule has 0 radical (unpaired) electrons. The van der Waals surface area contributed by atoms with Crippen molar-refractivity contribution in [1.29, 1.82) is 0 Å². The van der Waals surface area contributed by atoms with E-state index in [-0.39, 0.29) is 15.6 Å². The van der Waals surface area contributed by atoms with E-state index in [1.807, 2.05) is 0 Å². The molecule has 0 aliphatic carbocycles. The number of nitrogens with one attached hydrogen (secondary N) is 1. The summed E-state index contributed by atoms with van der Waals surface area (Å²) < 4.78 is 23.7. The van der Waals surface area contributed by atoms with E-state index >= 15 is 0 Å². The first-order chi connectivity index (χ1) is 11.8. The molecular weight excluding hydrogens is 430 g/mol. The van der Waals surface area contributed by atoms with Crippen molar-refractivity contribution in [2.75, 3.05) is 0 Å². The van der Waals surface area contributed by atoms with Crippen LogP contribution in [0.2, 0.25) is 0 Å². The van der Waals surface area contributed by atoms with Gasteiger partial charge in [-0.05, 0) is 5.56 Å². The van der Waals surface area contributed by atoms with E-state index in [0.29, 0.717) is 11.8 Å².